The lowest BCUT2D eigenvalue weighted by Gasteiger charge is -2.47. The monoisotopic (exact) mass is 322 g/mol. The molecule has 0 aromatic rings. The van der Waals surface area contributed by atoms with E-state index in [4.69, 9.17) is 0 Å². The predicted molar refractivity (Wildman–Crippen MR) is 97.9 cm³/mol. The summed E-state index contributed by atoms with van der Waals surface area (Å²) >= 11 is 0. The first-order valence-corrected chi connectivity index (χ1v) is 9.97. The molecule has 4 nitrogen and oxygen atoms in total. The Morgan fingerprint density at radius 2 is 1.30 bits per heavy atom. The maximum absolute atomic E-state index is 2.79. The van der Waals surface area contributed by atoms with Crippen molar-refractivity contribution in [2.75, 3.05) is 58.9 Å². The van der Waals surface area contributed by atoms with Gasteiger partial charge in [0, 0.05) is 63.9 Å². The number of hydrogen-bond donors (Lipinski definition) is 0. The molecule has 4 heteroatoms. The van der Waals surface area contributed by atoms with E-state index in [9.17, 15) is 0 Å². The van der Waals surface area contributed by atoms with Crippen molar-refractivity contribution in [1.29, 1.82) is 0 Å². The van der Waals surface area contributed by atoms with Crippen molar-refractivity contribution in [3.63, 3.8) is 0 Å². The van der Waals surface area contributed by atoms with Gasteiger partial charge in [-0.1, -0.05) is 0 Å². The van der Waals surface area contributed by atoms with Crippen LogP contribution in [0.5, 0.6) is 0 Å². The van der Waals surface area contributed by atoms with Gasteiger partial charge in [-0.05, 0) is 59.5 Å². The molecule has 0 amide bonds. The molecule has 23 heavy (non-hydrogen) atoms. The van der Waals surface area contributed by atoms with Crippen LogP contribution < -0.4 is 0 Å². The molecule has 3 rings (SSSR count). The third-order valence-electron chi connectivity index (χ3n) is 6.38. The highest BCUT2D eigenvalue weighted by Gasteiger charge is 2.32. The fourth-order valence-corrected chi connectivity index (χ4v) is 4.59. The lowest BCUT2D eigenvalue weighted by Crippen LogP contribution is -2.58. The topological polar surface area (TPSA) is 13.0 Å². The van der Waals surface area contributed by atoms with E-state index in [0.29, 0.717) is 0 Å². The molecule has 0 aromatic heterocycles. The molecule has 0 radical (unpaired) electrons. The van der Waals surface area contributed by atoms with Gasteiger partial charge in [-0.3, -0.25) is 4.90 Å². The molecule has 0 atom stereocenters. The first kappa shape index (κ1) is 17.7. The average Bonchev–Trinajstić information content (AvgIpc) is 2.51. The summed E-state index contributed by atoms with van der Waals surface area (Å²) in [4.78, 5) is 10.8. The van der Waals surface area contributed by atoms with Crippen LogP contribution in [0.4, 0.5) is 0 Å². The quantitative estimate of drug-likeness (QED) is 0.765. The van der Waals surface area contributed by atoms with E-state index in [-0.39, 0.29) is 0 Å². The number of piperazine rings is 1. The van der Waals surface area contributed by atoms with Gasteiger partial charge in [-0.2, -0.15) is 0 Å². The maximum atomic E-state index is 2.79. The SMILES string of the molecule is CC(C)N1CCC(N2CCN(CC3CN(C(C)C)C3)CC2)CC1. The molecule has 0 aromatic carbocycles. The first-order chi connectivity index (χ1) is 11.0. The van der Waals surface area contributed by atoms with Crippen molar-refractivity contribution in [2.24, 2.45) is 5.92 Å². The maximum Gasteiger partial charge on any atom is 0.0121 e. The van der Waals surface area contributed by atoms with Crippen LogP contribution in [0.3, 0.4) is 0 Å². The first-order valence-electron chi connectivity index (χ1n) is 9.97. The van der Waals surface area contributed by atoms with Gasteiger partial charge in [-0.15, -0.1) is 0 Å². The van der Waals surface area contributed by atoms with Gasteiger partial charge in [0.2, 0.25) is 0 Å². The molecular weight excluding hydrogens is 284 g/mol. The summed E-state index contributed by atoms with van der Waals surface area (Å²) in [7, 11) is 0. The van der Waals surface area contributed by atoms with Gasteiger partial charge < -0.3 is 14.7 Å². The largest absolute Gasteiger partial charge is 0.301 e. The van der Waals surface area contributed by atoms with E-state index in [1.807, 2.05) is 0 Å². The van der Waals surface area contributed by atoms with Gasteiger partial charge >= 0.3 is 0 Å². The zero-order valence-electron chi connectivity index (χ0n) is 15.9. The van der Waals surface area contributed by atoms with E-state index in [1.54, 1.807) is 0 Å². The second-order valence-corrected chi connectivity index (χ2v) is 8.61. The number of nitrogens with zero attached hydrogens (tertiary/aromatic N) is 4. The van der Waals surface area contributed by atoms with Crippen LogP contribution in [0.25, 0.3) is 0 Å². The number of piperidine rings is 1. The van der Waals surface area contributed by atoms with Crippen LogP contribution in [0, 0.1) is 5.92 Å². The Labute approximate surface area is 143 Å². The van der Waals surface area contributed by atoms with E-state index in [1.165, 1.54) is 71.7 Å². The summed E-state index contributed by atoms with van der Waals surface area (Å²) in [5, 5.41) is 0. The number of hydrogen-bond acceptors (Lipinski definition) is 4. The molecule has 3 heterocycles. The van der Waals surface area contributed by atoms with Crippen molar-refractivity contribution in [3.8, 4) is 0 Å². The second kappa shape index (κ2) is 7.81. The van der Waals surface area contributed by atoms with Crippen LogP contribution in [-0.2, 0) is 0 Å². The minimum Gasteiger partial charge on any atom is -0.301 e. The summed E-state index contributed by atoms with van der Waals surface area (Å²) in [6, 6.07) is 2.31. The molecular formula is C19H38N4. The molecule has 3 fully saturated rings. The van der Waals surface area contributed by atoms with Gasteiger partial charge in [0.15, 0.2) is 0 Å². The fraction of sp³-hybridized carbons (Fsp3) is 1.00. The van der Waals surface area contributed by atoms with E-state index < -0.39 is 0 Å². The number of rotatable bonds is 5. The van der Waals surface area contributed by atoms with Crippen LogP contribution in [0.1, 0.15) is 40.5 Å². The molecule has 134 valence electrons. The van der Waals surface area contributed by atoms with E-state index in [0.717, 1.165) is 24.0 Å². The van der Waals surface area contributed by atoms with Crippen molar-refractivity contribution >= 4 is 0 Å². The minimum atomic E-state index is 0.723. The summed E-state index contributed by atoms with van der Waals surface area (Å²) in [5.41, 5.74) is 0. The summed E-state index contributed by atoms with van der Waals surface area (Å²) in [5.74, 6) is 0.929. The zero-order chi connectivity index (χ0) is 16.4. The third-order valence-corrected chi connectivity index (χ3v) is 6.38. The van der Waals surface area contributed by atoms with Crippen molar-refractivity contribution in [2.45, 2.75) is 58.7 Å². The van der Waals surface area contributed by atoms with Crippen LogP contribution >= 0.6 is 0 Å². The van der Waals surface area contributed by atoms with Crippen molar-refractivity contribution < 1.29 is 0 Å². The zero-order valence-corrected chi connectivity index (χ0v) is 15.9. The molecule has 3 aliphatic rings. The Balaban J connectivity index is 1.33. The highest BCUT2D eigenvalue weighted by molar-refractivity contribution is 4.88. The number of likely N-dealkylation sites (tertiary alicyclic amines) is 2. The Hall–Kier alpha value is -0.160. The Kier molecular flexibility index (Phi) is 6.00. The lowest BCUT2D eigenvalue weighted by molar-refractivity contribution is 0.0133. The molecule has 0 unspecified atom stereocenters. The molecule has 0 saturated carbocycles. The normalized spacial score (nSPS) is 27.9. The fourth-order valence-electron chi connectivity index (χ4n) is 4.59. The Morgan fingerprint density at radius 3 is 1.83 bits per heavy atom. The minimum absolute atomic E-state index is 0.723. The van der Waals surface area contributed by atoms with Crippen molar-refractivity contribution in [1.82, 2.24) is 19.6 Å². The molecule has 0 spiro atoms. The van der Waals surface area contributed by atoms with Crippen LogP contribution in [0.2, 0.25) is 0 Å². The summed E-state index contributed by atoms with van der Waals surface area (Å²) in [6.07, 6.45) is 2.76. The summed E-state index contributed by atoms with van der Waals surface area (Å²) < 4.78 is 0. The van der Waals surface area contributed by atoms with E-state index in [2.05, 4.69) is 47.3 Å². The van der Waals surface area contributed by atoms with Gasteiger partial charge in [-0.25, -0.2) is 0 Å². The van der Waals surface area contributed by atoms with Crippen LogP contribution in [0.15, 0.2) is 0 Å². The van der Waals surface area contributed by atoms with Crippen molar-refractivity contribution in [3.05, 3.63) is 0 Å². The Morgan fingerprint density at radius 1 is 0.739 bits per heavy atom. The van der Waals surface area contributed by atoms with Gasteiger partial charge in [0.25, 0.3) is 0 Å². The predicted octanol–water partition coefficient (Wildman–Crippen LogP) is 1.82. The Bertz CT molecular complexity index is 348. The molecule has 3 aliphatic heterocycles. The average molecular weight is 323 g/mol. The highest BCUT2D eigenvalue weighted by atomic mass is 15.3. The molecule has 3 saturated heterocycles. The molecule has 0 aliphatic carbocycles. The third kappa shape index (κ3) is 4.47. The van der Waals surface area contributed by atoms with Gasteiger partial charge in [0.1, 0.15) is 0 Å². The van der Waals surface area contributed by atoms with E-state index >= 15 is 0 Å². The summed E-state index contributed by atoms with van der Waals surface area (Å²) in [6.45, 7) is 21.1. The smallest absolute Gasteiger partial charge is 0.0121 e. The van der Waals surface area contributed by atoms with Crippen LogP contribution in [-0.4, -0.2) is 96.6 Å². The second-order valence-electron chi connectivity index (χ2n) is 8.61. The molecule has 0 bridgehead atoms. The van der Waals surface area contributed by atoms with Gasteiger partial charge in [0.05, 0.1) is 0 Å². The standard InChI is InChI=1S/C19H38N4/c1-16(2)21-7-5-19(6-8-21)22-11-9-20(10-12-22)13-18-14-23(15-18)17(3)4/h16-19H,5-15H2,1-4H3. The lowest BCUT2D eigenvalue weighted by atomic mass is 9.97. The highest BCUT2D eigenvalue weighted by Crippen LogP contribution is 2.22. The molecule has 0 N–H and O–H groups in total.